The van der Waals surface area contributed by atoms with Crippen molar-refractivity contribution in [2.24, 2.45) is 0 Å². The molecule has 0 aliphatic heterocycles. The van der Waals surface area contributed by atoms with Crippen molar-refractivity contribution in [3.63, 3.8) is 0 Å². The first kappa shape index (κ1) is 13.6. The van der Waals surface area contributed by atoms with Gasteiger partial charge in [0.15, 0.2) is 5.16 Å². The summed E-state index contributed by atoms with van der Waals surface area (Å²) in [7, 11) is 1.81. The highest BCUT2D eigenvalue weighted by Gasteiger charge is 2.02. The Hall–Kier alpha value is -1.50. The van der Waals surface area contributed by atoms with Crippen LogP contribution in [-0.2, 0) is 4.79 Å². The Labute approximate surface area is 105 Å². The molecular formula is C10H17N5OS. The Morgan fingerprint density at radius 3 is 2.65 bits per heavy atom. The van der Waals surface area contributed by atoms with E-state index in [9.17, 15) is 4.79 Å². The van der Waals surface area contributed by atoms with Gasteiger partial charge in [-0.1, -0.05) is 11.8 Å². The van der Waals surface area contributed by atoms with Crippen LogP contribution >= 0.6 is 11.8 Å². The van der Waals surface area contributed by atoms with Crippen LogP contribution in [-0.4, -0.2) is 42.3 Å². The molecule has 1 rings (SSSR count). The molecule has 7 heteroatoms. The largest absolute Gasteiger partial charge is 0.373 e. The van der Waals surface area contributed by atoms with Crippen molar-refractivity contribution in [2.75, 3.05) is 37.0 Å². The van der Waals surface area contributed by atoms with Crippen LogP contribution in [0.4, 0.5) is 11.6 Å². The summed E-state index contributed by atoms with van der Waals surface area (Å²) in [6, 6.07) is 1.83. The molecule has 0 aliphatic rings. The van der Waals surface area contributed by atoms with E-state index in [0.717, 1.165) is 11.6 Å². The van der Waals surface area contributed by atoms with Gasteiger partial charge in [0.05, 0.1) is 0 Å². The van der Waals surface area contributed by atoms with E-state index < -0.39 is 0 Å². The molecule has 1 aromatic rings. The molecule has 0 atom stereocenters. The van der Waals surface area contributed by atoms with Gasteiger partial charge in [-0.3, -0.25) is 4.79 Å². The smallest absolute Gasteiger partial charge is 0.216 e. The first-order chi connectivity index (χ1) is 8.15. The lowest BCUT2D eigenvalue weighted by Gasteiger charge is -2.08. The molecule has 0 radical (unpaired) electrons. The number of amides is 1. The minimum Gasteiger partial charge on any atom is -0.373 e. The summed E-state index contributed by atoms with van der Waals surface area (Å²) in [5.74, 6) is 1.49. The molecule has 0 saturated heterocycles. The van der Waals surface area contributed by atoms with Crippen LogP contribution < -0.4 is 16.0 Å². The fourth-order valence-electron chi connectivity index (χ4n) is 1.16. The van der Waals surface area contributed by atoms with Crippen molar-refractivity contribution in [1.29, 1.82) is 0 Å². The standard InChI is InChI=1S/C10H17N5OS/c1-7(16)12-4-5-13-9-6-8(11-2)14-10(15-9)17-3/h6H,4-5H2,1-3H3,(H,12,16)(H2,11,13,14,15). The Bertz CT molecular complexity index is 363. The zero-order valence-corrected chi connectivity index (χ0v) is 11.0. The minimum absolute atomic E-state index is 0.0322. The van der Waals surface area contributed by atoms with Crippen molar-refractivity contribution in [2.45, 2.75) is 12.1 Å². The van der Waals surface area contributed by atoms with Crippen LogP contribution in [0.5, 0.6) is 0 Å². The van der Waals surface area contributed by atoms with E-state index in [4.69, 9.17) is 0 Å². The number of aromatic nitrogens is 2. The highest BCUT2D eigenvalue weighted by atomic mass is 32.2. The molecular weight excluding hydrogens is 238 g/mol. The van der Waals surface area contributed by atoms with Crippen LogP contribution in [0.3, 0.4) is 0 Å². The number of hydrogen-bond acceptors (Lipinski definition) is 6. The molecule has 94 valence electrons. The van der Waals surface area contributed by atoms with Crippen LogP contribution in [0, 0.1) is 0 Å². The van der Waals surface area contributed by atoms with Gasteiger partial charge in [0.2, 0.25) is 5.91 Å². The Morgan fingerprint density at radius 1 is 1.35 bits per heavy atom. The number of thioether (sulfide) groups is 1. The van der Waals surface area contributed by atoms with Gasteiger partial charge in [-0.25, -0.2) is 9.97 Å². The van der Waals surface area contributed by atoms with Gasteiger partial charge in [0.25, 0.3) is 0 Å². The summed E-state index contributed by atoms with van der Waals surface area (Å²) in [5, 5.41) is 9.52. The van der Waals surface area contributed by atoms with E-state index in [0.29, 0.717) is 18.2 Å². The van der Waals surface area contributed by atoms with E-state index in [2.05, 4.69) is 25.9 Å². The third-order valence-electron chi connectivity index (χ3n) is 1.95. The summed E-state index contributed by atoms with van der Waals surface area (Å²) >= 11 is 1.48. The van der Waals surface area contributed by atoms with Gasteiger partial charge >= 0.3 is 0 Å². The third kappa shape index (κ3) is 4.90. The third-order valence-corrected chi connectivity index (χ3v) is 2.50. The summed E-state index contributed by atoms with van der Waals surface area (Å²) in [4.78, 5) is 19.2. The molecule has 3 N–H and O–H groups in total. The number of carbonyl (C=O) groups is 1. The molecule has 0 aromatic carbocycles. The fraction of sp³-hybridized carbons (Fsp3) is 0.500. The second-order valence-electron chi connectivity index (χ2n) is 3.28. The van der Waals surface area contributed by atoms with Crippen molar-refractivity contribution in [3.05, 3.63) is 6.07 Å². The average molecular weight is 255 g/mol. The molecule has 1 amide bonds. The minimum atomic E-state index is -0.0322. The molecule has 0 spiro atoms. The Balaban J connectivity index is 2.54. The highest BCUT2D eigenvalue weighted by molar-refractivity contribution is 7.98. The quantitative estimate of drug-likeness (QED) is 0.396. The van der Waals surface area contributed by atoms with Crippen molar-refractivity contribution >= 4 is 29.3 Å². The van der Waals surface area contributed by atoms with E-state index in [1.54, 1.807) is 0 Å². The maximum Gasteiger partial charge on any atom is 0.216 e. The summed E-state index contributed by atoms with van der Waals surface area (Å²) in [6.07, 6.45) is 1.93. The maximum atomic E-state index is 10.7. The number of nitrogens with one attached hydrogen (secondary N) is 3. The zero-order valence-electron chi connectivity index (χ0n) is 10.2. The molecule has 1 heterocycles. The Morgan fingerprint density at radius 2 is 2.06 bits per heavy atom. The first-order valence-corrected chi connectivity index (χ1v) is 6.47. The summed E-state index contributed by atoms with van der Waals surface area (Å²) < 4.78 is 0. The van der Waals surface area contributed by atoms with E-state index >= 15 is 0 Å². The maximum absolute atomic E-state index is 10.7. The lowest BCUT2D eigenvalue weighted by molar-refractivity contribution is -0.118. The lowest BCUT2D eigenvalue weighted by Crippen LogP contribution is -2.26. The van der Waals surface area contributed by atoms with Gasteiger partial charge in [-0.15, -0.1) is 0 Å². The van der Waals surface area contributed by atoms with Gasteiger partial charge in [-0.05, 0) is 6.26 Å². The van der Waals surface area contributed by atoms with Crippen molar-refractivity contribution in [1.82, 2.24) is 15.3 Å². The SMILES string of the molecule is CNc1cc(NCCNC(C)=O)nc(SC)n1. The number of nitrogens with zero attached hydrogens (tertiary/aromatic N) is 2. The monoisotopic (exact) mass is 255 g/mol. The van der Waals surface area contributed by atoms with Crippen molar-refractivity contribution in [3.8, 4) is 0 Å². The molecule has 0 saturated carbocycles. The first-order valence-electron chi connectivity index (χ1n) is 5.25. The van der Waals surface area contributed by atoms with Gasteiger partial charge in [0, 0.05) is 33.1 Å². The number of anilines is 2. The topological polar surface area (TPSA) is 78.9 Å². The predicted octanol–water partition coefficient (Wildman–Crippen LogP) is 0.788. The van der Waals surface area contributed by atoms with Gasteiger partial charge in [0.1, 0.15) is 11.6 Å². The molecule has 0 fully saturated rings. The number of hydrogen-bond donors (Lipinski definition) is 3. The van der Waals surface area contributed by atoms with E-state index in [1.165, 1.54) is 18.7 Å². The van der Waals surface area contributed by atoms with Crippen LogP contribution in [0.1, 0.15) is 6.92 Å². The van der Waals surface area contributed by atoms with Crippen LogP contribution in [0.2, 0.25) is 0 Å². The average Bonchev–Trinajstić information content (AvgIpc) is 2.34. The van der Waals surface area contributed by atoms with Gasteiger partial charge < -0.3 is 16.0 Å². The second kappa shape index (κ2) is 6.95. The van der Waals surface area contributed by atoms with Crippen molar-refractivity contribution < 1.29 is 4.79 Å². The highest BCUT2D eigenvalue weighted by Crippen LogP contribution is 2.16. The molecule has 0 aliphatic carbocycles. The number of carbonyl (C=O) groups excluding carboxylic acids is 1. The normalized spacial score (nSPS) is 9.82. The van der Waals surface area contributed by atoms with E-state index in [1.807, 2.05) is 19.4 Å². The Kier molecular flexibility index (Phi) is 5.55. The molecule has 6 nitrogen and oxygen atoms in total. The summed E-state index contributed by atoms with van der Waals surface area (Å²) in [5.41, 5.74) is 0. The fourth-order valence-corrected chi connectivity index (χ4v) is 1.54. The predicted molar refractivity (Wildman–Crippen MR) is 70.5 cm³/mol. The molecule has 1 aromatic heterocycles. The zero-order chi connectivity index (χ0) is 12.7. The molecule has 0 unspecified atom stereocenters. The second-order valence-corrected chi connectivity index (χ2v) is 4.06. The molecule has 17 heavy (non-hydrogen) atoms. The number of rotatable bonds is 6. The molecule has 0 bridgehead atoms. The lowest BCUT2D eigenvalue weighted by atomic mass is 10.5. The summed E-state index contributed by atoms with van der Waals surface area (Å²) in [6.45, 7) is 2.70. The van der Waals surface area contributed by atoms with Crippen LogP contribution in [0.25, 0.3) is 0 Å². The van der Waals surface area contributed by atoms with E-state index in [-0.39, 0.29) is 5.91 Å². The van der Waals surface area contributed by atoms with Gasteiger partial charge in [-0.2, -0.15) is 0 Å². The van der Waals surface area contributed by atoms with Crippen LogP contribution in [0.15, 0.2) is 11.2 Å².